The number of halogens is 2. The standard InChI is InChI=1S/C13H14BrFO/c14-11-5-4-10(12(15)8-11)9-13(16)6-2-1-3-7-13/h2,4-6,8,16H,1,3,7,9H2. The molecule has 86 valence electrons. The molecule has 16 heavy (non-hydrogen) atoms. The Hall–Kier alpha value is -0.670. The molecule has 0 bridgehead atoms. The molecule has 0 radical (unpaired) electrons. The van der Waals surface area contributed by atoms with Gasteiger partial charge in [0.2, 0.25) is 0 Å². The van der Waals surface area contributed by atoms with Crippen LogP contribution in [0.15, 0.2) is 34.8 Å². The molecular formula is C13H14BrFO. The average Bonchev–Trinajstić information content (AvgIpc) is 2.23. The van der Waals surface area contributed by atoms with Crippen molar-refractivity contribution in [1.82, 2.24) is 0 Å². The molecule has 1 N–H and O–H groups in total. The Morgan fingerprint density at radius 1 is 1.44 bits per heavy atom. The van der Waals surface area contributed by atoms with Gasteiger partial charge in [0.15, 0.2) is 0 Å². The van der Waals surface area contributed by atoms with E-state index in [1.807, 2.05) is 6.08 Å². The molecule has 1 aromatic carbocycles. The molecule has 1 aromatic rings. The van der Waals surface area contributed by atoms with Gasteiger partial charge < -0.3 is 5.11 Å². The van der Waals surface area contributed by atoms with Gasteiger partial charge in [-0.1, -0.05) is 34.1 Å². The van der Waals surface area contributed by atoms with Crippen molar-refractivity contribution in [3.8, 4) is 0 Å². The first-order valence-electron chi connectivity index (χ1n) is 5.43. The van der Waals surface area contributed by atoms with Crippen LogP contribution >= 0.6 is 15.9 Å². The Morgan fingerprint density at radius 2 is 2.25 bits per heavy atom. The smallest absolute Gasteiger partial charge is 0.127 e. The molecule has 1 unspecified atom stereocenters. The Kier molecular flexibility index (Phi) is 3.45. The summed E-state index contributed by atoms with van der Waals surface area (Å²) in [4.78, 5) is 0. The van der Waals surface area contributed by atoms with Gasteiger partial charge in [0, 0.05) is 10.9 Å². The monoisotopic (exact) mass is 284 g/mol. The van der Waals surface area contributed by atoms with E-state index >= 15 is 0 Å². The highest BCUT2D eigenvalue weighted by Gasteiger charge is 2.26. The van der Waals surface area contributed by atoms with Gasteiger partial charge in [-0.25, -0.2) is 4.39 Å². The summed E-state index contributed by atoms with van der Waals surface area (Å²) in [6.45, 7) is 0. The zero-order valence-electron chi connectivity index (χ0n) is 8.92. The molecule has 1 aliphatic rings. The largest absolute Gasteiger partial charge is 0.385 e. The summed E-state index contributed by atoms with van der Waals surface area (Å²) in [5.74, 6) is -0.262. The second kappa shape index (κ2) is 4.68. The molecule has 0 aliphatic heterocycles. The van der Waals surface area contributed by atoms with Gasteiger partial charge in [-0.05, 0) is 37.0 Å². The van der Waals surface area contributed by atoms with Crippen LogP contribution in [0, 0.1) is 5.82 Å². The zero-order valence-corrected chi connectivity index (χ0v) is 10.5. The molecule has 0 aromatic heterocycles. The minimum Gasteiger partial charge on any atom is -0.385 e. The maximum Gasteiger partial charge on any atom is 0.127 e. The molecule has 1 atom stereocenters. The summed E-state index contributed by atoms with van der Waals surface area (Å²) in [5, 5.41) is 10.3. The molecular weight excluding hydrogens is 271 g/mol. The third-order valence-electron chi connectivity index (χ3n) is 2.92. The summed E-state index contributed by atoms with van der Waals surface area (Å²) in [6, 6.07) is 4.96. The molecule has 0 heterocycles. The van der Waals surface area contributed by atoms with E-state index in [1.165, 1.54) is 6.07 Å². The van der Waals surface area contributed by atoms with E-state index in [2.05, 4.69) is 15.9 Å². The minimum absolute atomic E-state index is 0.262. The fraction of sp³-hybridized carbons (Fsp3) is 0.385. The predicted molar refractivity (Wildman–Crippen MR) is 65.7 cm³/mol. The number of benzene rings is 1. The lowest BCUT2D eigenvalue weighted by Gasteiger charge is -2.27. The minimum atomic E-state index is -0.868. The number of hydrogen-bond acceptors (Lipinski definition) is 1. The molecule has 0 saturated heterocycles. The van der Waals surface area contributed by atoms with E-state index in [-0.39, 0.29) is 5.82 Å². The predicted octanol–water partition coefficient (Wildman–Crippen LogP) is 3.60. The third kappa shape index (κ3) is 2.71. The number of rotatable bonds is 2. The fourth-order valence-electron chi connectivity index (χ4n) is 2.05. The van der Waals surface area contributed by atoms with Crippen molar-refractivity contribution < 1.29 is 9.50 Å². The van der Waals surface area contributed by atoms with Crippen LogP contribution in [0.4, 0.5) is 4.39 Å². The third-order valence-corrected chi connectivity index (χ3v) is 3.41. The molecule has 0 amide bonds. The topological polar surface area (TPSA) is 20.2 Å². The van der Waals surface area contributed by atoms with E-state index in [1.54, 1.807) is 18.2 Å². The Bertz CT molecular complexity index is 416. The van der Waals surface area contributed by atoms with Crippen LogP contribution in [0.5, 0.6) is 0 Å². The first-order chi connectivity index (χ1) is 7.59. The van der Waals surface area contributed by atoms with Gasteiger partial charge in [-0.15, -0.1) is 0 Å². The fourth-order valence-corrected chi connectivity index (χ4v) is 2.39. The second-order valence-electron chi connectivity index (χ2n) is 4.31. The van der Waals surface area contributed by atoms with Crippen molar-refractivity contribution in [1.29, 1.82) is 0 Å². The van der Waals surface area contributed by atoms with Crippen LogP contribution in [0.1, 0.15) is 24.8 Å². The van der Waals surface area contributed by atoms with Crippen molar-refractivity contribution in [3.05, 3.63) is 46.2 Å². The van der Waals surface area contributed by atoms with Crippen molar-refractivity contribution in [2.75, 3.05) is 0 Å². The molecule has 1 aliphatic carbocycles. The Morgan fingerprint density at radius 3 is 2.88 bits per heavy atom. The molecule has 0 spiro atoms. The molecule has 3 heteroatoms. The van der Waals surface area contributed by atoms with E-state index in [4.69, 9.17) is 0 Å². The second-order valence-corrected chi connectivity index (χ2v) is 5.23. The molecule has 1 nitrogen and oxygen atoms in total. The van der Waals surface area contributed by atoms with E-state index in [0.29, 0.717) is 18.4 Å². The maximum absolute atomic E-state index is 13.6. The van der Waals surface area contributed by atoms with Crippen LogP contribution in [0.25, 0.3) is 0 Å². The summed E-state index contributed by atoms with van der Waals surface area (Å²) in [5.41, 5.74) is -0.301. The zero-order chi connectivity index (χ0) is 11.6. The van der Waals surface area contributed by atoms with E-state index < -0.39 is 5.60 Å². The quantitative estimate of drug-likeness (QED) is 0.823. The van der Waals surface area contributed by atoms with Crippen LogP contribution in [0.3, 0.4) is 0 Å². The van der Waals surface area contributed by atoms with Crippen LogP contribution in [-0.2, 0) is 6.42 Å². The molecule has 0 saturated carbocycles. The normalized spacial score (nSPS) is 24.7. The first-order valence-corrected chi connectivity index (χ1v) is 6.22. The number of aliphatic hydroxyl groups is 1. The SMILES string of the molecule is OC1(Cc2ccc(Br)cc2F)C=CCCC1. The number of allylic oxidation sites excluding steroid dienone is 1. The summed E-state index contributed by atoms with van der Waals surface area (Å²) >= 11 is 3.22. The van der Waals surface area contributed by atoms with Gasteiger partial charge in [0.25, 0.3) is 0 Å². The molecule has 2 rings (SSSR count). The summed E-state index contributed by atoms with van der Waals surface area (Å²) in [6.07, 6.45) is 6.80. The highest BCUT2D eigenvalue weighted by molar-refractivity contribution is 9.10. The van der Waals surface area contributed by atoms with Gasteiger partial charge in [-0.2, -0.15) is 0 Å². The van der Waals surface area contributed by atoms with Crippen LogP contribution in [-0.4, -0.2) is 10.7 Å². The maximum atomic E-state index is 13.6. The van der Waals surface area contributed by atoms with Crippen molar-refractivity contribution in [2.24, 2.45) is 0 Å². The van der Waals surface area contributed by atoms with Crippen molar-refractivity contribution >= 4 is 15.9 Å². The number of hydrogen-bond donors (Lipinski definition) is 1. The highest BCUT2D eigenvalue weighted by atomic mass is 79.9. The van der Waals surface area contributed by atoms with Gasteiger partial charge >= 0.3 is 0 Å². The Labute approximate surface area is 103 Å². The van der Waals surface area contributed by atoms with Crippen molar-refractivity contribution in [3.63, 3.8) is 0 Å². The highest BCUT2D eigenvalue weighted by Crippen LogP contribution is 2.27. The lowest BCUT2D eigenvalue weighted by atomic mass is 9.85. The van der Waals surface area contributed by atoms with Crippen molar-refractivity contribution in [2.45, 2.75) is 31.3 Å². The summed E-state index contributed by atoms with van der Waals surface area (Å²) in [7, 11) is 0. The van der Waals surface area contributed by atoms with E-state index in [9.17, 15) is 9.50 Å². The Balaban J connectivity index is 2.20. The van der Waals surface area contributed by atoms with Crippen LogP contribution < -0.4 is 0 Å². The van der Waals surface area contributed by atoms with Gasteiger partial charge in [0.1, 0.15) is 5.82 Å². The molecule has 0 fully saturated rings. The summed E-state index contributed by atoms with van der Waals surface area (Å²) < 4.78 is 14.3. The van der Waals surface area contributed by atoms with Gasteiger partial charge in [0.05, 0.1) is 5.60 Å². The van der Waals surface area contributed by atoms with E-state index in [0.717, 1.165) is 17.3 Å². The lowest BCUT2D eigenvalue weighted by Crippen LogP contribution is -2.30. The first kappa shape index (κ1) is 11.8. The average molecular weight is 285 g/mol. The van der Waals surface area contributed by atoms with Gasteiger partial charge in [-0.3, -0.25) is 0 Å². The van der Waals surface area contributed by atoms with Crippen LogP contribution in [0.2, 0.25) is 0 Å². The lowest BCUT2D eigenvalue weighted by molar-refractivity contribution is 0.0742.